The lowest BCUT2D eigenvalue weighted by atomic mass is 10.1. The topological polar surface area (TPSA) is 133 Å². The number of hydrogen-bond acceptors (Lipinski definition) is 7. The second-order valence-electron chi connectivity index (χ2n) is 7.14. The summed E-state index contributed by atoms with van der Waals surface area (Å²) < 4.78 is 5.14. The van der Waals surface area contributed by atoms with Crippen molar-refractivity contribution in [1.82, 2.24) is 15.7 Å². The molecule has 0 radical (unpaired) electrons. The smallest absolute Gasteiger partial charge is 0.287 e. The number of carbonyl (C=O) groups is 2. The van der Waals surface area contributed by atoms with E-state index in [1.165, 1.54) is 18.5 Å². The molecule has 1 heterocycles. The number of benzene rings is 2. The Hall–Kier alpha value is -4.50. The van der Waals surface area contributed by atoms with Crippen LogP contribution in [0.5, 0.6) is 11.5 Å². The van der Waals surface area contributed by atoms with Gasteiger partial charge in [-0.25, -0.2) is 5.43 Å². The molecule has 0 aliphatic carbocycles. The van der Waals surface area contributed by atoms with Crippen molar-refractivity contribution >= 4 is 24.1 Å². The second-order valence-corrected chi connectivity index (χ2v) is 7.14. The maximum atomic E-state index is 12.9. The molecular weight excluding hydrogens is 436 g/mol. The molecule has 0 atom stereocenters. The molecule has 0 saturated carbocycles. The van der Waals surface area contributed by atoms with Crippen LogP contribution in [0.3, 0.4) is 0 Å². The van der Waals surface area contributed by atoms with Crippen LogP contribution in [0.1, 0.15) is 32.7 Å². The highest BCUT2D eigenvalue weighted by Crippen LogP contribution is 2.21. The number of nitrogens with one attached hydrogen (secondary N) is 2. The van der Waals surface area contributed by atoms with Gasteiger partial charge in [0, 0.05) is 22.9 Å². The number of pyridine rings is 1. The summed E-state index contributed by atoms with van der Waals surface area (Å²) >= 11 is 0. The number of rotatable bonds is 8. The Kier molecular flexibility index (Phi) is 8.09. The van der Waals surface area contributed by atoms with E-state index < -0.39 is 11.8 Å². The fraction of sp³-hybridized carbons (Fsp3) is 0.120. The van der Waals surface area contributed by atoms with Gasteiger partial charge >= 0.3 is 0 Å². The van der Waals surface area contributed by atoms with Gasteiger partial charge in [-0.3, -0.25) is 14.6 Å². The summed E-state index contributed by atoms with van der Waals surface area (Å²) in [7, 11) is 1.55. The highest BCUT2D eigenvalue weighted by molar-refractivity contribution is 6.05. The molecule has 2 amide bonds. The molecule has 0 saturated heterocycles. The maximum absolute atomic E-state index is 12.9. The molecule has 0 aliphatic heterocycles. The Balaban J connectivity index is 1.85. The number of aliphatic hydroxyl groups excluding tert-OH is 1. The van der Waals surface area contributed by atoms with Crippen LogP contribution >= 0.6 is 0 Å². The molecule has 0 unspecified atom stereocenters. The first kappa shape index (κ1) is 24.1. The first-order chi connectivity index (χ1) is 16.4. The number of ether oxygens (including phenoxy) is 1. The first-order valence-corrected chi connectivity index (χ1v) is 10.3. The maximum Gasteiger partial charge on any atom is 0.287 e. The average Bonchev–Trinajstić information content (AvgIpc) is 2.87. The summed E-state index contributed by atoms with van der Waals surface area (Å²) in [4.78, 5) is 29.5. The summed E-state index contributed by atoms with van der Waals surface area (Å²) in [5, 5.41) is 26.2. The van der Waals surface area contributed by atoms with Crippen LogP contribution < -0.4 is 15.5 Å². The SMILES string of the molecule is COc1ccc(C=C(NC(=O)c2ccccc2)C(=O)N/N=C/c2c(CO)cnc(C)c2O)cc1. The largest absolute Gasteiger partial charge is 0.505 e. The zero-order valence-electron chi connectivity index (χ0n) is 18.6. The molecule has 0 bridgehead atoms. The Bertz CT molecular complexity index is 1220. The lowest BCUT2D eigenvalue weighted by Gasteiger charge is -2.10. The Morgan fingerprint density at radius 1 is 1.12 bits per heavy atom. The van der Waals surface area contributed by atoms with Crippen molar-refractivity contribution in [3.05, 3.63) is 94.4 Å². The third-order valence-corrected chi connectivity index (χ3v) is 4.84. The third kappa shape index (κ3) is 6.05. The quantitative estimate of drug-likeness (QED) is 0.232. The van der Waals surface area contributed by atoms with Crippen LogP contribution in [-0.2, 0) is 11.4 Å². The van der Waals surface area contributed by atoms with E-state index in [1.807, 2.05) is 0 Å². The van der Waals surface area contributed by atoms with Gasteiger partial charge in [0.05, 0.1) is 25.6 Å². The summed E-state index contributed by atoms with van der Waals surface area (Å²) in [5.74, 6) is -0.666. The van der Waals surface area contributed by atoms with Crippen LogP contribution in [-0.4, -0.2) is 40.3 Å². The average molecular weight is 460 g/mol. The molecule has 3 rings (SSSR count). The fourth-order valence-electron chi connectivity index (χ4n) is 2.95. The van der Waals surface area contributed by atoms with Crippen molar-refractivity contribution in [3.63, 3.8) is 0 Å². The minimum atomic E-state index is -0.688. The Morgan fingerprint density at radius 2 is 1.82 bits per heavy atom. The summed E-state index contributed by atoms with van der Waals surface area (Å²) in [5.41, 5.74) is 4.23. The number of carbonyl (C=O) groups excluding carboxylic acids is 2. The predicted octanol–water partition coefficient (Wildman–Crippen LogP) is 2.52. The molecule has 9 nitrogen and oxygen atoms in total. The number of nitrogens with zero attached hydrogens (tertiary/aromatic N) is 2. The van der Waals surface area contributed by atoms with E-state index >= 15 is 0 Å². The lowest BCUT2D eigenvalue weighted by Crippen LogP contribution is -2.32. The fourth-order valence-corrected chi connectivity index (χ4v) is 2.95. The van der Waals surface area contributed by atoms with Crippen molar-refractivity contribution in [2.45, 2.75) is 13.5 Å². The Labute approximate surface area is 196 Å². The molecular formula is C25H24N4O5. The van der Waals surface area contributed by atoms with E-state index in [1.54, 1.807) is 68.6 Å². The zero-order chi connectivity index (χ0) is 24.5. The Morgan fingerprint density at radius 3 is 2.47 bits per heavy atom. The van der Waals surface area contributed by atoms with Crippen LogP contribution in [0.4, 0.5) is 0 Å². The summed E-state index contributed by atoms with van der Waals surface area (Å²) in [6, 6.07) is 15.4. The number of aromatic hydroxyl groups is 1. The number of hydrogen-bond donors (Lipinski definition) is 4. The zero-order valence-corrected chi connectivity index (χ0v) is 18.6. The molecule has 4 N–H and O–H groups in total. The van der Waals surface area contributed by atoms with Crippen molar-refractivity contribution in [2.75, 3.05) is 7.11 Å². The van der Waals surface area contributed by atoms with Crippen molar-refractivity contribution in [1.29, 1.82) is 0 Å². The number of aromatic nitrogens is 1. The van der Waals surface area contributed by atoms with E-state index in [-0.39, 0.29) is 23.6 Å². The molecule has 1 aromatic heterocycles. The van der Waals surface area contributed by atoms with Gasteiger partial charge in [-0.05, 0) is 42.8 Å². The van der Waals surface area contributed by atoms with Gasteiger partial charge in [-0.2, -0.15) is 5.10 Å². The minimum Gasteiger partial charge on any atom is -0.505 e. The predicted molar refractivity (Wildman–Crippen MR) is 127 cm³/mol. The van der Waals surface area contributed by atoms with Gasteiger partial charge in [0.15, 0.2) is 0 Å². The first-order valence-electron chi connectivity index (χ1n) is 10.3. The van der Waals surface area contributed by atoms with E-state index in [0.29, 0.717) is 28.1 Å². The van der Waals surface area contributed by atoms with Crippen LogP contribution in [0.25, 0.3) is 6.08 Å². The monoisotopic (exact) mass is 460 g/mol. The molecule has 3 aromatic rings. The van der Waals surface area contributed by atoms with Crippen LogP contribution in [0.15, 0.2) is 71.6 Å². The molecule has 174 valence electrons. The normalized spacial score (nSPS) is 11.3. The number of aliphatic hydroxyl groups is 1. The number of methoxy groups -OCH3 is 1. The second kappa shape index (κ2) is 11.4. The summed E-state index contributed by atoms with van der Waals surface area (Å²) in [6.45, 7) is 1.23. The van der Waals surface area contributed by atoms with Gasteiger partial charge in [-0.15, -0.1) is 0 Å². The van der Waals surface area contributed by atoms with Crippen LogP contribution in [0.2, 0.25) is 0 Å². The summed E-state index contributed by atoms with van der Waals surface area (Å²) in [6.07, 6.45) is 4.11. The highest BCUT2D eigenvalue weighted by Gasteiger charge is 2.15. The van der Waals surface area contributed by atoms with Gasteiger partial charge in [0.1, 0.15) is 17.2 Å². The lowest BCUT2D eigenvalue weighted by molar-refractivity contribution is -0.117. The van der Waals surface area contributed by atoms with Crippen molar-refractivity contribution in [3.8, 4) is 11.5 Å². The van der Waals surface area contributed by atoms with Gasteiger partial charge < -0.3 is 20.3 Å². The molecule has 2 aromatic carbocycles. The van der Waals surface area contributed by atoms with E-state index in [4.69, 9.17) is 4.74 Å². The van der Waals surface area contributed by atoms with Crippen LogP contribution in [0, 0.1) is 6.92 Å². The third-order valence-electron chi connectivity index (χ3n) is 4.84. The van der Waals surface area contributed by atoms with Gasteiger partial charge in [0.2, 0.25) is 0 Å². The number of hydrazone groups is 1. The number of aryl methyl sites for hydroxylation is 1. The number of amides is 2. The molecule has 34 heavy (non-hydrogen) atoms. The van der Waals surface area contributed by atoms with E-state index in [2.05, 4.69) is 20.8 Å². The van der Waals surface area contributed by atoms with Gasteiger partial charge in [0.25, 0.3) is 11.8 Å². The molecule has 0 fully saturated rings. The molecule has 9 heteroatoms. The van der Waals surface area contributed by atoms with Crippen molar-refractivity contribution < 1.29 is 24.5 Å². The van der Waals surface area contributed by atoms with Gasteiger partial charge in [-0.1, -0.05) is 30.3 Å². The molecule has 0 aliphatic rings. The standard InChI is InChI=1S/C25H24N4O5/c1-16-23(31)21(19(15-30)13-26-16)14-27-29-25(33)22(12-17-8-10-20(34-2)11-9-17)28-24(32)18-6-4-3-5-7-18/h3-14,30-31H,15H2,1-2H3,(H,28,32)(H,29,33)/b22-12?,27-14+. The van der Waals surface area contributed by atoms with E-state index in [0.717, 1.165) is 0 Å². The minimum absolute atomic E-state index is 0.0475. The van der Waals surface area contributed by atoms with E-state index in [9.17, 15) is 19.8 Å². The highest BCUT2D eigenvalue weighted by atomic mass is 16.5. The van der Waals surface area contributed by atoms with Crippen molar-refractivity contribution in [2.24, 2.45) is 5.10 Å². The molecule has 0 spiro atoms.